The summed E-state index contributed by atoms with van der Waals surface area (Å²) in [6, 6.07) is 1.94. The molecular formula is C15H22N4O2S. The quantitative estimate of drug-likeness (QED) is 0.844. The Bertz CT molecular complexity index is 607. The van der Waals surface area contributed by atoms with E-state index in [2.05, 4.69) is 10.1 Å². The molecule has 6 nitrogen and oxygen atoms in total. The van der Waals surface area contributed by atoms with E-state index in [0.717, 1.165) is 5.56 Å². The number of aromatic nitrogens is 2. The van der Waals surface area contributed by atoms with Gasteiger partial charge in [0.05, 0.1) is 0 Å². The maximum absolute atomic E-state index is 12.1. The summed E-state index contributed by atoms with van der Waals surface area (Å²) in [6.45, 7) is 5.26. The zero-order valence-electron chi connectivity index (χ0n) is 13.2. The van der Waals surface area contributed by atoms with Crippen LogP contribution in [0.2, 0.25) is 0 Å². The van der Waals surface area contributed by atoms with Crippen LogP contribution < -0.4 is 5.73 Å². The van der Waals surface area contributed by atoms with E-state index in [9.17, 15) is 4.79 Å². The molecule has 0 aliphatic rings. The number of rotatable bonds is 7. The van der Waals surface area contributed by atoms with Crippen LogP contribution in [0.4, 0.5) is 0 Å². The molecule has 0 atom stereocenters. The van der Waals surface area contributed by atoms with Gasteiger partial charge in [-0.25, -0.2) is 0 Å². The van der Waals surface area contributed by atoms with Crippen molar-refractivity contribution in [3.8, 4) is 11.4 Å². The lowest BCUT2D eigenvalue weighted by Crippen LogP contribution is -2.39. The Morgan fingerprint density at radius 3 is 2.91 bits per heavy atom. The number of carbonyl (C=O) groups excluding carboxylic acids is 1. The Labute approximate surface area is 134 Å². The topological polar surface area (TPSA) is 85.2 Å². The number of carbonyl (C=O) groups is 1. The van der Waals surface area contributed by atoms with Gasteiger partial charge in [-0.1, -0.05) is 19.0 Å². The molecular weight excluding hydrogens is 300 g/mol. The number of amides is 1. The van der Waals surface area contributed by atoms with Gasteiger partial charge in [-0.2, -0.15) is 16.3 Å². The van der Waals surface area contributed by atoms with E-state index < -0.39 is 0 Å². The third kappa shape index (κ3) is 4.38. The normalized spacial score (nSPS) is 11.6. The minimum Gasteiger partial charge on any atom is -0.345 e. The van der Waals surface area contributed by atoms with Crippen molar-refractivity contribution in [1.29, 1.82) is 0 Å². The first-order valence-corrected chi connectivity index (χ1v) is 8.15. The molecule has 2 N–H and O–H groups in total. The molecule has 0 bridgehead atoms. The smallest absolute Gasteiger partial charge is 0.227 e. The first-order valence-electron chi connectivity index (χ1n) is 7.20. The number of hydrogen-bond donors (Lipinski definition) is 1. The molecule has 0 fully saturated rings. The molecule has 2 aromatic heterocycles. The first kappa shape index (κ1) is 16.6. The van der Waals surface area contributed by atoms with E-state index in [-0.39, 0.29) is 11.3 Å². The number of nitrogens with two attached hydrogens (primary N) is 1. The molecule has 7 heteroatoms. The summed E-state index contributed by atoms with van der Waals surface area (Å²) >= 11 is 1.58. The number of hydrogen-bond acceptors (Lipinski definition) is 6. The second-order valence-electron chi connectivity index (χ2n) is 6.14. The number of thiophene rings is 1. The first-order chi connectivity index (χ1) is 10.4. The van der Waals surface area contributed by atoms with Crippen molar-refractivity contribution in [2.75, 3.05) is 20.1 Å². The predicted molar refractivity (Wildman–Crippen MR) is 86.4 cm³/mol. The molecule has 2 heterocycles. The molecule has 22 heavy (non-hydrogen) atoms. The largest absolute Gasteiger partial charge is 0.345 e. The zero-order valence-corrected chi connectivity index (χ0v) is 14.0. The summed E-state index contributed by atoms with van der Waals surface area (Å²) in [5.41, 5.74) is 6.55. The Balaban J connectivity index is 1.86. The van der Waals surface area contributed by atoms with Gasteiger partial charge in [-0.05, 0) is 23.4 Å². The van der Waals surface area contributed by atoms with E-state index in [1.165, 1.54) is 0 Å². The van der Waals surface area contributed by atoms with Crippen LogP contribution >= 0.6 is 11.3 Å². The van der Waals surface area contributed by atoms with E-state index in [0.29, 0.717) is 37.6 Å². The van der Waals surface area contributed by atoms with Crippen LogP contribution in [0.15, 0.2) is 21.3 Å². The fraction of sp³-hybridized carbons (Fsp3) is 0.533. The summed E-state index contributed by atoms with van der Waals surface area (Å²) in [6.07, 6.45) is 0.797. The SMILES string of the molecule is CN(CC(C)(C)CN)C(=O)CCc1nc(-c2ccsc2)no1. The Morgan fingerprint density at radius 2 is 2.27 bits per heavy atom. The van der Waals surface area contributed by atoms with Crippen LogP contribution in [0.1, 0.15) is 26.2 Å². The molecule has 0 saturated heterocycles. The molecule has 2 aromatic rings. The second kappa shape index (κ2) is 7.02. The van der Waals surface area contributed by atoms with E-state index in [1.807, 2.05) is 30.7 Å². The van der Waals surface area contributed by atoms with Crippen molar-refractivity contribution in [3.05, 3.63) is 22.7 Å². The minimum absolute atomic E-state index is 0.0526. The van der Waals surface area contributed by atoms with Crippen molar-refractivity contribution in [3.63, 3.8) is 0 Å². The number of aryl methyl sites for hydroxylation is 1. The highest BCUT2D eigenvalue weighted by Gasteiger charge is 2.21. The van der Waals surface area contributed by atoms with Gasteiger partial charge < -0.3 is 15.2 Å². The molecule has 2 rings (SSSR count). The third-order valence-electron chi connectivity index (χ3n) is 3.44. The Hall–Kier alpha value is -1.73. The van der Waals surface area contributed by atoms with Gasteiger partial charge >= 0.3 is 0 Å². The second-order valence-corrected chi connectivity index (χ2v) is 6.92. The van der Waals surface area contributed by atoms with E-state index in [4.69, 9.17) is 10.3 Å². The van der Waals surface area contributed by atoms with E-state index in [1.54, 1.807) is 23.3 Å². The van der Waals surface area contributed by atoms with Gasteiger partial charge in [-0.15, -0.1) is 0 Å². The molecule has 120 valence electrons. The van der Waals surface area contributed by atoms with Crippen molar-refractivity contribution in [2.24, 2.45) is 11.1 Å². The maximum Gasteiger partial charge on any atom is 0.227 e. The van der Waals surface area contributed by atoms with Crippen LogP contribution in [0, 0.1) is 5.41 Å². The summed E-state index contributed by atoms with van der Waals surface area (Å²) in [5, 5.41) is 7.86. The fourth-order valence-corrected chi connectivity index (χ4v) is 2.70. The zero-order chi connectivity index (χ0) is 16.2. The van der Waals surface area contributed by atoms with Gasteiger partial charge in [0.15, 0.2) is 0 Å². The molecule has 0 aliphatic heterocycles. The summed E-state index contributed by atoms with van der Waals surface area (Å²) in [5.74, 6) is 1.11. The van der Waals surface area contributed by atoms with Crippen LogP contribution in [0.5, 0.6) is 0 Å². The Kier molecular flexibility index (Phi) is 5.31. The van der Waals surface area contributed by atoms with E-state index >= 15 is 0 Å². The Morgan fingerprint density at radius 1 is 1.50 bits per heavy atom. The average molecular weight is 322 g/mol. The highest BCUT2D eigenvalue weighted by molar-refractivity contribution is 7.08. The fourth-order valence-electron chi connectivity index (χ4n) is 2.06. The monoisotopic (exact) mass is 322 g/mol. The van der Waals surface area contributed by atoms with Crippen molar-refractivity contribution < 1.29 is 9.32 Å². The highest BCUT2D eigenvalue weighted by Crippen LogP contribution is 2.19. The van der Waals surface area contributed by atoms with Crippen LogP contribution in [0.25, 0.3) is 11.4 Å². The van der Waals surface area contributed by atoms with Gasteiger partial charge in [0, 0.05) is 37.4 Å². The molecule has 0 spiro atoms. The van der Waals surface area contributed by atoms with Gasteiger partial charge in [-0.3, -0.25) is 4.79 Å². The van der Waals surface area contributed by atoms with Crippen LogP contribution in [-0.4, -0.2) is 41.1 Å². The maximum atomic E-state index is 12.1. The highest BCUT2D eigenvalue weighted by atomic mass is 32.1. The van der Waals surface area contributed by atoms with Gasteiger partial charge in [0.25, 0.3) is 0 Å². The third-order valence-corrected chi connectivity index (χ3v) is 4.13. The standard InChI is InChI=1S/C15H22N4O2S/c1-15(2,9-16)10-19(3)13(20)5-4-12-17-14(18-21-12)11-6-7-22-8-11/h6-8H,4-5,9-10,16H2,1-3H3. The molecule has 0 saturated carbocycles. The number of nitrogens with zero attached hydrogens (tertiary/aromatic N) is 3. The molecule has 0 aromatic carbocycles. The molecule has 0 aliphatic carbocycles. The van der Waals surface area contributed by atoms with Gasteiger partial charge in [0.1, 0.15) is 0 Å². The molecule has 1 amide bonds. The predicted octanol–water partition coefficient (Wildman–Crippen LogP) is 2.17. The lowest BCUT2D eigenvalue weighted by Gasteiger charge is -2.29. The summed E-state index contributed by atoms with van der Waals surface area (Å²) in [4.78, 5) is 18.2. The summed E-state index contributed by atoms with van der Waals surface area (Å²) in [7, 11) is 1.80. The molecule has 0 unspecified atom stereocenters. The van der Waals surface area contributed by atoms with Crippen molar-refractivity contribution in [1.82, 2.24) is 15.0 Å². The minimum atomic E-state index is -0.0823. The van der Waals surface area contributed by atoms with Crippen molar-refractivity contribution >= 4 is 17.2 Å². The van der Waals surface area contributed by atoms with Gasteiger partial charge in [0.2, 0.25) is 17.6 Å². The summed E-state index contributed by atoms with van der Waals surface area (Å²) < 4.78 is 5.19. The van der Waals surface area contributed by atoms with Crippen LogP contribution in [-0.2, 0) is 11.2 Å². The molecule has 0 radical (unpaired) electrons. The lowest BCUT2D eigenvalue weighted by molar-refractivity contribution is -0.131. The lowest BCUT2D eigenvalue weighted by atomic mass is 9.93. The van der Waals surface area contributed by atoms with Crippen LogP contribution in [0.3, 0.4) is 0 Å². The average Bonchev–Trinajstić information content (AvgIpc) is 3.14. The van der Waals surface area contributed by atoms with Crippen molar-refractivity contribution in [2.45, 2.75) is 26.7 Å².